The Morgan fingerprint density at radius 1 is 0.879 bits per heavy atom. The number of amides is 1. The lowest BCUT2D eigenvalue weighted by atomic mass is 9.88. The Labute approximate surface area is 193 Å². The van der Waals surface area contributed by atoms with Crippen molar-refractivity contribution in [3.8, 4) is 0 Å². The first-order valence-electron chi connectivity index (χ1n) is 11.0. The lowest BCUT2D eigenvalue weighted by molar-refractivity contribution is 0.0744. The van der Waals surface area contributed by atoms with Gasteiger partial charge in [0.25, 0.3) is 16.0 Å². The summed E-state index contributed by atoms with van der Waals surface area (Å²) >= 11 is 0. The fourth-order valence-electron chi connectivity index (χ4n) is 4.79. The number of aryl methyl sites for hydroxylation is 2. The maximum absolute atomic E-state index is 12.9. The fourth-order valence-corrected chi connectivity index (χ4v) is 5.33. The zero-order valence-corrected chi connectivity index (χ0v) is 18.9. The first-order valence-corrected chi connectivity index (χ1v) is 12.5. The van der Waals surface area contributed by atoms with Gasteiger partial charge in [0.15, 0.2) is 0 Å². The summed E-state index contributed by atoms with van der Waals surface area (Å²) in [7, 11) is -4.28. The van der Waals surface area contributed by atoms with Gasteiger partial charge in [0.2, 0.25) is 0 Å². The van der Waals surface area contributed by atoms with Crippen molar-refractivity contribution < 1.29 is 17.8 Å². The number of likely N-dealkylation sites (tertiary alicyclic amines) is 1. The van der Waals surface area contributed by atoms with E-state index in [2.05, 4.69) is 6.07 Å². The SMILES string of the molecule is O=C(c1ccccc1)N1CCC(=C2c3ccc(S(=O)(=O)O)cc3CCc3cccnc32)CC1. The fraction of sp³-hybridized carbons (Fsp3) is 0.231. The zero-order valence-electron chi connectivity index (χ0n) is 18.1. The van der Waals surface area contributed by atoms with E-state index in [-0.39, 0.29) is 10.8 Å². The van der Waals surface area contributed by atoms with E-state index in [0.29, 0.717) is 25.1 Å². The second-order valence-electron chi connectivity index (χ2n) is 8.44. The van der Waals surface area contributed by atoms with Crippen LogP contribution in [0.5, 0.6) is 0 Å². The quantitative estimate of drug-likeness (QED) is 0.580. The minimum atomic E-state index is -4.28. The van der Waals surface area contributed by atoms with E-state index in [4.69, 9.17) is 4.98 Å². The Kier molecular flexibility index (Phi) is 5.60. The van der Waals surface area contributed by atoms with Gasteiger partial charge in [0.05, 0.1) is 10.6 Å². The summed E-state index contributed by atoms with van der Waals surface area (Å²) in [5.74, 6) is 0.0391. The maximum Gasteiger partial charge on any atom is 0.294 e. The van der Waals surface area contributed by atoms with Crippen LogP contribution in [0.25, 0.3) is 5.57 Å². The highest BCUT2D eigenvalue weighted by molar-refractivity contribution is 7.85. The predicted molar refractivity (Wildman–Crippen MR) is 126 cm³/mol. The monoisotopic (exact) mass is 460 g/mol. The number of carbonyl (C=O) groups excluding carboxylic acids is 1. The average Bonchev–Trinajstić information content (AvgIpc) is 3.00. The van der Waals surface area contributed by atoms with Crippen LogP contribution in [0.4, 0.5) is 0 Å². The molecule has 0 radical (unpaired) electrons. The number of aromatic nitrogens is 1. The molecule has 1 aromatic heterocycles. The Bertz CT molecular complexity index is 1350. The summed E-state index contributed by atoms with van der Waals surface area (Å²) in [5, 5.41) is 0. The molecule has 0 saturated carbocycles. The molecule has 33 heavy (non-hydrogen) atoms. The van der Waals surface area contributed by atoms with Crippen LogP contribution in [-0.4, -0.2) is 41.9 Å². The first-order chi connectivity index (χ1) is 15.9. The molecule has 2 heterocycles. The molecule has 6 nitrogen and oxygen atoms in total. The lowest BCUT2D eigenvalue weighted by Gasteiger charge is -2.30. The number of nitrogens with zero attached hydrogens (tertiary/aromatic N) is 2. The number of pyridine rings is 1. The number of hydrogen-bond donors (Lipinski definition) is 1. The molecule has 7 heteroatoms. The number of fused-ring (bicyclic) bond motifs is 2. The van der Waals surface area contributed by atoms with Crippen molar-refractivity contribution >= 4 is 21.6 Å². The molecular weight excluding hydrogens is 436 g/mol. The van der Waals surface area contributed by atoms with Gasteiger partial charge < -0.3 is 4.90 Å². The molecular formula is C26H24N2O4S. The van der Waals surface area contributed by atoms with E-state index in [0.717, 1.165) is 47.2 Å². The highest BCUT2D eigenvalue weighted by Crippen LogP contribution is 2.38. The van der Waals surface area contributed by atoms with Crippen LogP contribution in [0.15, 0.2) is 77.3 Å². The van der Waals surface area contributed by atoms with Crippen LogP contribution in [-0.2, 0) is 23.0 Å². The molecule has 0 spiro atoms. The van der Waals surface area contributed by atoms with Crippen LogP contribution in [0, 0.1) is 0 Å². The van der Waals surface area contributed by atoms with Gasteiger partial charge in [-0.1, -0.05) is 35.9 Å². The van der Waals surface area contributed by atoms with Gasteiger partial charge in [-0.2, -0.15) is 8.42 Å². The van der Waals surface area contributed by atoms with Gasteiger partial charge in [0, 0.05) is 30.4 Å². The van der Waals surface area contributed by atoms with E-state index in [1.165, 1.54) is 11.6 Å². The number of rotatable bonds is 2. The van der Waals surface area contributed by atoms with Crippen molar-refractivity contribution in [1.82, 2.24) is 9.88 Å². The molecule has 168 valence electrons. The van der Waals surface area contributed by atoms with Crippen molar-refractivity contribution in [2.45, 2.75) is 30.6 Å². The second-order valence-corrected chi connectivity index (χ2v) is 9.86. The molecule has 1 amide bonds. The molecule has 1 aliphatic heterocycles. The maximum atomic E-state index is 12.9. The molecule has 2 aromatic carbocycles. The molecule has 1 fully saturated rings. The third-order valence-electron chi connectivity index (χ3n) is 6.46. The van der Waals surface area contributed by atoms with Gasteiger partial charge in [-0.25, -0.2) is 0 Å². The number of hydrogen-bond acceptors (Lipinski definition) is 4. The molecule has 0 atom stereocenters. The minimum Gasteiger partial charge on any atom is -0.338 e. The predicted octanol–water partition coefficient (Wildman–Crippen LogP) is 4.17. The molecule has 2 aliphatic rings. The summed E-state index contributed by atoms with van der Waals surface area (Å²) in [6.07, 6.45) is 4.63. The van der Waals surface area contributed by atoms with Crippen LogP contribution in [0.1, 0.15) is 45.6 Å². The number of benzene rings is 2. The van der Waals surface area contributed by atoms with Crippen LogP contribution < -0.4 is 0 Å². The third-order valence-corrected chi connectivity index (χ3v) is 7.31. The van der Waals surface area contributed by atoms with E-state index < -0.39 is 10.1 Å². The molecule has 5 rings (SSSR count). The Balaban J connectivity index is 1.54. The standard InChI is InChI=1S/C26H24N2O4S/c29-26(20-5-2-1-3-6-20)28-15-12-18(13-16-28)24-23-11-10-22(33(30,31)32)17-21(23)9-8-19-7-4-14-27-25(19)24/h1-7,10-11,14,17H,8-9,12-13,15-16H2,(H,30,31,32). The van der Waals surface area contributed by atoms with Crippen LogP contribution in [0.2, 0.25) is 0 Å². The Morgan fingerprint density at radius 3 is 2.33 bits per heavy atom. The normalized spacial score (nSPS) is 16.1. The van der Waals surface area contributed by atoms with Crippen molar-refractivity contribution in [2.24, 2.45) is 0 Å². The topological polar surface area (TPSA) is 87.6 Å². The van der Waals surface area contributed by atoms with Gasteiger partial charge in [-0.3, -0.25) is 14.3 Å². The Morgan fingerprint density at radius 2 is 1.61 bits per heavy atom. The highest BCUT2D eigenvalue weighted by Gasteiger charge is 2.27. The molecule has 1 aliphatic carbocycles. The van der Waals surface area contributed by atoms with Crippen LogP contribution >= 0.6 is 0 Å². The Hall–Kier alpha value is -3.29. The van der Waals surface area contributed by atoms with Gasteiger partial charge in [0.1, 0.15) is 0 Å². The van der Waals surface area contributed by atoms with Crippen molar-refractivity contribution in [1.29, 1.82) is 0 Å². The summed E-state index contributed by atoms with van der Waals surface area (Å²) < 4.78 is 33.0. The summed E-state index contributed by atoms with van der Waals surface area (Å²) in [6, 6.07) is 18.1. The summed E-state index contributed by atoms with van der Waals surface area (Å²) in [6.45, 7) is 1.24. The number of carbonyl (C=O) groups is 1. The molecule has 1 saturated heterocycles. The van der Waals surface area contributed by atoms with E-state index in [9.17, 15) is 17.8 Å². The van der Waals surface area contributed by atoms with Gasteiger partial charge >= 0.3 is 0 Å². The minimum absolute atomic E-state index is 0.0391. The van der Waals surface area contributed by atoms with Crippen LogP contribution in [0.3, 0.4) is 0 Å². The summed E-state index contributed by atoms with van der Waals surface area (Å²) in [5.41, 5.74) is 6.83. The molecule has 1 N–H and O–H groups in total. The molecule has 0 bridgehead atoms. The lowest BCUT2D eigenvalue weighted by Crippen LogP contribution is -2.36. The summed E-state index contributed by atoms with van der Waals surface area (Å²) in [4.78, 5) is 19.4. The largest absolute Gasteiger partial charge is 0.338 e. The smallest absolute Gasteiger partial charge is 0.294 e. The first kappa shape index (κ1) is 21.6. The average molecular weight is 461 g/mol. The van der Waals surface area contributed by atoms with Crippen molar-refractivity contribution in [2.75, 3.05) is 13.1 Å². The second kappa shape index (κ2) is 8.57. The molecule has 0 unspecified atom stereocenters. The highest BCUT2D eigenvalue weighted by atomic mass is 32.2. The molecule has 3 aromatic rings. The van der Waals surface area contributed by atoms with E-state index >= 15 is 0 Å². The van der Waals surface area contributed by atoms with Gasteiger partial charge in [-0.15, -0.1) is 0 Å². The van der Waals surface area contributed by atoms with Gasteiger partial charge in [-0.05, 0) is 72.7 Å². The van der Waals surface area contributed by atoms with Crippen molar-refractivity contribution in [3.63, 3.8) is 0 Å². The third kappa shape index (κ3) is 4.21. The van der Waals surface area contributed by atoms with Crippen molar-refractivity contribution in [3.05, 3.63) is 100 Å². The number of piperidine rings is 1. The zero-order chi connectivity index (χ0) is 23.0. The van der Waals surface area contributed by atoms with E-state index in [1.807, 2.05) is 41.3 Å². The van der Waals surface area contributed by atoms with E-state index in [1.54, 1.807) is 18.3 Å².